The van der Waals surface area contributed by atoms with Crippen molar-refractivity contribution in [1.29, 1.82) is 0 Å². The number of nitrogens with one attached hydrogen (secondary N) is 1. The van der Waals surface area contributed by atoms with E-state index >= 15 is 0 Å². The molecule has 4 nitrogen and oxygen atoms in total. The maximum Gasteiger partial charge on any atom is 0.337 e. The van der Waals surface area contributed by atoms with Crippen molar-refractivity contribution in [2.45, 2.75) is 0 Å². The number of para-hydroxylation sites is 1. The van der Waals surface area contributed by atoms with Crippen LogP contribution in [0.5, 0.6) is 5.75 Å². The summed E-state index contributed by atoms with van der Waals surface area (Å²) in [6.07, 6.45) is 0. The van der Waals surface area contributed by atoms with Crippen LogP contribution >= 0.6 is 23.2 Å². The van der Waals surface area contributed by atoms with Gasteiger partial charge in [0.25, 0.3) is 0 Å². The summed E-state index contributed by atoms with van der Waals surface area (Å²) in [5.41, 5.74) is 0.807. The molecule has 0 radical (unpaired) electrons. The van der Waals surface area contributed by atoms with Crippen LogP contribution < -0.4 is 5.32 Å². The SMILES string of the molecule is O=C(O)c1ccccc1Nc1c(Cl)cc(O)cc1Cl. The number of carboxylic acids is 1. The smallest absolute Gasteiger partial charge is 0.337 e. The number of phenols is 1. The van der Waals surface area contributed by atoms with Gasteiger partial charge in [-0.3, -0.25) is 0 Å². The Balaban J connectivity index is 2.45. The van der Waals surface area contributed by atoms with Crippen molar-refractivity contribution in [1.82, 2.24) is 0 Å². The number of aromatic hydroxyl groups is 1. The van der Waals surface area contributed by atoms with Crippen LogP contribution in [0.4, 0.5) is 11.4 Å². The predicted molar refractivity (Wildman–Crippen MR) is 74.8 cm³/mol. The van der Waals surface area contributed by atoms with Gasteiger partial charge in [-0.15, -0.1) is 0 Å². The first kappa shape index (κ1) is 13.5. The highest BCUT2D eigenvalue weighted by Gasteiger charge is 2.13. The quantitative estimate of drug-likeness (QED) is 0.745. The van der Waals surface area contributed by atoms with E-state index in [-0.39, 0.29) is 21.4 Å². The average Bonchev–Trinajstić information content (AvgIpc) is 2.34. The summed E-state index contributed by atoms with van der Waals surface area (Å²) < 4.78 is 0. The highest BCUT2D eigenvalue weighted by atomic mass is 35.5. The van der Waals surface area contributed by atoms with E-state index in [2.05, 4.69) is 5.32 Å². The lowest BCUT2D eigenvalue weighted by Crippen LogP contribution is -2.02. The Hall–Kier alpha value is -1.91. The fraction of sp³-hybridized carbons (Fsp3) is 0. The topological polar surface area (TPSA) is 69.6 Å². The number of carboxylic acid groups (broad SMARTS) is 1. The Morgan fingerprint density at radius 3 is 2.26 bits per heavy atom. The van der Waals surface area contributed by atoms with Gasteiger partial charge in [0.1, 0.15) is 5.75 Å². The molecule has 0 aliphatic carbocycles. The van der Waals surface area contributed by atoms with Crippen molar-refractivity contribution in [2.75, 3.05) is 5.32 Å². The van der Waals surface area contributed by atoms with Crippen LogP contribution in [-0.2, 0) is 0 Å². The van der Waals surface area contributed by atoms with E-state index in [1.165, 1.54) is 18.2 Å². The van der Waals surface area contributed by atoms with Crippen molar-refractivity contribution in [3.8, 4) is 5.75 Å². The Morgan fingerprint density at radius 2 is 1.68 bits per heavy atom. The van der Waals surface area contributed by atoms with Gasteiger partial charge in [-0.25, -0.2) is 4.79 Å². The Bertz CT molecular complexity index is 621. The fourth-order valence-electron chi connectivity index (χ4n) is 1.59. The van der Waals surface area contributed by atoms with Gasteiger partial charge < -0.3 is 15.5 Å². The number of hydrogen-bond donors (Lipinski definition) is 3. The second kappa shape index (κ2) is 5.38. The van der Waals surface area contributed by atoms with Crippen molar-refractivity contribution in [3.63, 3.8) is 0 Å². The molecule has 0 fully saturated rings. The van der Waals surface area contributed by atoms with Gasteiger partial charge in [-0.1, -0.05) is 35.3 Å². The molecule has 0 bridgehead atoms. The molecule has 0 aliphatic rings. The molecule has 0 spiro atoms. The molecule has 0 saturated heterocycles. The predicted octanol–water partition coefficient (Wildman–Crippen LogP) is 4.14. The zero-order chi connectivity index (χ0) is 14.0. The van der Waals surface area contributed by atoms with Gasteiger partial charge in [0.2, 0.25) is 0 Å². The molecule has 98 valence electrons. The average molecular weight is 298 g/mol. The summed E-state index contributed by atoms with van der Waals surface area (Å²) in [4.78, 5) is 11.1. The number of anilines is 2. The van der Waals surface area contributed by atoms with Crippen LogP contribution in [0.25, 0.3) is 0 Å². The van der Waals surface area contributed by atoms with Gasteiger partial charge in [0, 0.05) is 12.1 Å². The molecule has 2 rings (SSSR count). The van der Waals surface area contributed by atoms with Gasteiger partial charge in [0.05, 0.1) is 27.0 Å². The van der Waals surface area contributed by atoms with Crippen LogP contribution in [0.2, 0.25) is 10.0 Å². The zero-order valence-electron chi connectivity index (χ0n) is 9.52. The maximum atomic E-state index is 11.1. The molecule has 3 N–H and O–H groups in total. The summed E-state index contributed by atoms with van der Waals surface area (Å²) in [7, 11) is 0. The lowest BCUT2D eigenvalue weighted by Gasteiger charge is -2.12. The van der Waals surface area contributed by atoms with Gasteiger partial charge in [-0.2, -0.15) is 0 Å². The monoisotopic (exact) mass is 297 g/mol. The van der Waals surface area contributed by atoms with Crippen molar-refractivity contribution >= 4 is 40.5 Å². The molecule has 2 aromatic carbocycles. The Morgan fingerprint density at radius 1 is 1.11 bits per heavy atom. The molecule has 0 unspecified atom stereocenters. The number of carbonyl (C=O) groups is 1. The first-order chi connectivity index (χ1) is 8.99. The van der Waals surface area contributed by atoms with Gasteiger partial charge in [-0.05, 0) is 12.1 Å². The van der Waals surface area contributed by atoms with Crippen molar-refractivity contribution in [2.24, 2.45) is 0 Å². The molecule has 0 aliphatic heterocycles. The van der Waals surface area contributed by atoms with E-state index in [0.29, 0.717) is 11.4 Å². The molecule has 0 atom stereocenters. The first-order valence-electron chi connectivity index (χ1n) is 5.26. The summed E-state index contributed by atoms with van der Waals surface area (Å²) >= 11 is 11.9. The standard InChI is InChI=1S/C13H9Cl2NO3/c14-9-5-7(17)6-10(15)12(9)16-11-4-2-1-3-8(11)13(18)19/h1-6,16-17H,(H,18,19). The van der Waals surface area contributed by atoms with Crippen LogP contribution in [-0.4, -0.2) is 16.2 Å². The number of aromatic carboxylic acids is 1. The minimum atomic E-state index is -1.06. The molecular weight excluding hydrogens is 289 g/mol. The van der Waals surface area contributed by atoms with Crippen LogP contribution in [0.3, 0.4) is 0 Å². The molecule has 0 aromatic heterocycles. The van der Waals surface area contributed by atoms with E-state index in [4.69, 9.17) is 28.3 Å². The number of hydrogen-bond acceptors (Lipinski definition) is 3. The third-order valence-electron chi connectivity index (χ3n) is 2.44. The number of phenolic OH excluding ortho intramolecular Hbond substituents is 1. The van der Waals surface area contributed by atoms with E-state index in [9.17, 15) is 9.90 Å². The molecule has 0 saturated carbocycles. The summed E-state index contributed by atoms with van der Waals surface area (Å²) in [6.45, 7) is 0. The third kappa shape index (κ3) is 2.92. The van der Waals surface area contributed by atoms with Gasteiger partial charge in [0.15, 0.2) is 0 Å². The molecule has 0 amide bonds. The molecular formula is C13H9Cl2NO3. The Labute approximate surface area is 119 Å². The summed E-state index contributed by atoms with van der Waals surface area (Å²) in [5, 5.41) is 21.7. The number of rotatable bonds is 3. The minimum Gasteiger partial charge on any atom is -0.508 e. The highest BCUT2D eigenvalue weighted by molar-refractivity contribution is 6.39. The van der Waals surface area contributed by atoms with Crippen LogP contribution in [0.1, 0.15) is 10.4 Å². The summed E-state index contributed by atoms with van der Waals surface area (Å²) in [5.74, 6) is -1.12. The Kier molecular flexibility index (Phi) is 3.83. The fourth-order valence-corrected chi connectivity index (χ4v) is 2.16. The lowest BCUT2D eigenvalue weighted by molar-refractivity contribution is 0.0698. The first-order valence-corrected chi connectivity index (χ1v) is 6.02. The largest absolute Gasteiger partial charge is 0.508 e. The highest BCUT2D eigenvalue weighted by Crippen LogP contribution is 2.36. The molecule has 2 aromatic rings. The van der Waals surface area contributed by atoms with E-state index in [1.807, 2.05) is 0 Å². The second-order valence-electron chi connectivity index (χ2n) is 3.76. The summed E-state index contributed by atoms with van der Waals surface area (Å²) in [6, 6.07) is 9.01. The molecule has 0 heterocycles. The van der Waals surface area contributed by atoms with E-state index in [0.717, 1.165) is 0 Å². The van der Waals surface area contributed by atoms with E-state index in [1.54, 1.807) is 18.2 Å². The van der Waals surface area contributed by atoms with Crippen LogP contribution in [0.15, 0.2) is 36.4 Å². The molecule has 19 heavy (non-hydrogen) atoms. The lowest BCUT2D eigenvalue weighted by atomic mass is 10.1. The number of benzene rings is 2. The zero-order valence-corrected chi connectivity index (χ0v) is 11.0. The molecule has 6 heteroatoms. The van der Waals surface area contributed by atoms with Gasteiger partial charge >= 0.3 is 5.97 Å². The minimum absolute atomic E-state index is 0.0629. The van der Waals surface area contributed by atoms with Crippen molar-refractivity contribution < 1.29 is 15.0 Å². The number of halogens is 2. The maximum absolute atomic E-state index is 11.1. The van der Waals surface area contributed by atoms with E-state index < -0.39 is 5.97 Å². The second-order valence-corrected chi connectivity index (χ2v) is 4.57. The normalized spacial score (nSPS) is 10.2. The van der Waals surface area contributed by atoms with Crippen molar-refractivity contribution in [3.05, 3.63) is 52.0 Å². The third-order valence-corrected chi connectivity index (χ3v) is 3.04. The van der Waals surface area contributed by atoms with Crippen LogP contribution in [0, 0.1) is 0 Å².